The van der Waals surface area contributed by atoms with Crippen LogP contribution in [0.15, 0.2) is 66.7 Å². The zero-order valence-electron chi connectivity index (χ0n) is 15.0. The molecule has 3 aromatic carbocycles. The van der Waals surface area contributed by atoms with Crippen LogP contribution in [0.5, 0.6) is 0 Å². The topological polar surface area (TPSA) is 58.2 Å². The van der Waals surface area contributed by atoms with Gasteiger partial charge in [-0.3, -0.25) is 9.59 Å². The molecule has 132 valence electrons. The summed E-state index contributed by atoms with van der Waals surface area (Å²) in [5, 5.41) is 7.96. The smallest absolute Gasteiger partial charge is 0.228 e. The van der Waals surface area contributed by atoms with Crippen molar-refractivity contribution in [3.8, 4) is 0 Å². The number of carbonyl (C=O) groups is 2. The van der Waals surface area contributed by atoms with Gasteiger partial charge in [-0.1, -0.05) is 56.3 Å². The van der Waals surface area contributed by atoms with Gasteiger partial charge >= 0.3 is 0 Å². The average Bonchev–Trinajstić information content (AvgIpc) is 2.63. The highest BCUT2D eigenvalue weighted by Gasteiger charge is 2.09. The van der Waals surface area contributed by atoms with Gasteiger partial charge in [-0.15, -0.1) is 0 Å². The molecule has 0 aliphatic heterocycles. The van der Waals surface area contributed by atoms with Gasteiger partial charge in [-0.05, 0) is 40.6 Å². The van der Waals surface area contributed by atoms with Gasteiger partial charge in [0.1, 0.15) is 0 Å². The third kappa shape index (κ3) is 4.28. The van der Waals surface area contributed by atoms with Crippen LogP contribution in [0.1, 0.15) is 19.4 Å². The summed E-state index contributed by atoms with van der Waals surface area (Å²) < 4.78 is 0. The van der Waals surface area contributed by atoms with E-state index in [0.717, 1.165) is 22.0 Å². The van der Waals surface area contributed by atoms with Gasteiger partial charge in [0.2, 0.25) is 11.8 Å². The first-order chi connectivity index (χ1) is 12.5. The Morgan fingerprint density at radius 1 is 0.808 bits per heavy atom. The number of nitrogens with one attached hydrogen (secondary N) is 2. The van der Waals surface area contributed by atoms with Crippen molar-refractivity contribution >= 4 is 34.0 Å². The van der Waals surface area contributed by atoms with Gasteiger partial charge in [-0.2, -0.15) is 0 Å². The molecule has 0 aliphatic rings. The third-order valence-corrected chi connectivity index (χ3v) is 4.19. The maximum atomic E-state index is 12.4. The maximum Gasteiger partial charge on any atom is 0.228 e. The van der Waals surface area contributed by atoms with Crippen LogP contribution in [-0.4, -0.2) is 11.8 Å². The lowest BCUT2D eigenvalue weighted by Crippen LogP contribution is -2.18. The van der Waals surface area contributed by atoms with Gasteiger partial charge in [0, 0.05) is 17.3 Å². The molecule has 0 fully saturated rings. The molecule has 4 heteroatoms. The molecule has 0 aromatic heterocycles. The molecule has 0 unspecified atom stereocenters. The molecule has 0 atom stereocenters. The summed E-state index contributed by atoms with van der Waals surface area (Å²) in [6.07, 6.45) is 0.313. The minimum absolute atomic E-state index is 0.0299. The molecular formula is C22H22N2O2. The van der Waals surface area contributed by atoms with Crippen LogP contribution in [0.25, 0.3) is 10.8 Å². The van der Waals surface area contributed by atoms with Gasteiger partial charge in [0.15, 0.2) is 0 Å². The van der Waals surface area contributed by atoms with Crippen LogP contribution >= 0.6 is 0 Å². The first-order valence-electron chi connectivity index (χ1n) is 8.70. The largest absolute Gasteiger partial charge is 0.326 e. The van der Waals surface area contributed by atoms with E-state index in [2.05, 4.69) is 10.6 Å². The summed E-state index contributed by atoms with van der Waals surface area (Å²) in [4.78, 5) is 24.1. The SMILES string of the molecule is CC(C)C(=O)Nc1ccc(NC(=O)Cc2cccc3ccccc23)cc1. The average molecular weight is 346 g/mol. The van der Waals surface area contributed by atoms with E-state index in [4.69, 9.17) is 0 Å². The van der Waals surface area contributed by atoms with Crippen molar-refractivity contribution in [3.05, 3.63) is 72.3 Å². The highest BCUT2D eigenvalue weighted by atomic mass is 16.2. The van der Waals surface area contributed by atoms with E-state index in [-0.39, 0.29) is 17.7 Å². The lowest BCUT2D eigenvalue weighted by atomic mass is 10.0. The van der Waals surface area contributed by atoms with E-state index >= 15 is 0 Å². The zero-order valence-corrected chi connectivity index (χ0v) is 15.0. The van der Waals surface area contributed by atoms with Crippen LogP contribution < -0.4 is 10.6 Å². The molecule has 4 nitrogen and oxygen atoms in total. The fourth-order valence-electron chi connectivity index (χ4n) is 2.75. The number of carbonyl (C=O) groups excluding carboxylic acids is 2. The minimum atomic E-state index is -0.0740. The molecule has 0 aliphatic carbocycles. The Hall–Kier alpha value is -3.14. The van der Waals surface area contributed by atoms with Crippen molar-refractivity contribution in [1.29, 1.82) is 0 Å². The lowest BCUT2D eigenvalue weighted by Gasteiger charge is -2.10. The summed E-state index contributed by atoms with van der Waals surface area (Å²) in [6, 6.07) is 21.2. The first-order valence-corrected chi connectivity index (χ1v) is 8.70. The molecule has 0 spiro atoms. The van der Waals surface area contributed by atoms with Gasteiger partial charge < -0.3 is 10.6 Å². The Balaban J connectivity index is 1.65. The predicted octanol–water partition coefficient (Wildman–Crippen LogP) is 4.62. The van der Waals surface area contributed by atoms with E-state index in [1.165, 1.54) is 0 Å². The molecule has 0 radical (unpaired) electrons. The summed E-state index contributed by atoms with van der Waals surface area (Å²) in [5.41, 5.74) is 2.43. The lowest BCUT2D eigenvalue weighted by molar-refractivity contribution is -0.119. The number of benzene rings is 3. The Morgan fingerprint density at radius 3 is 2.12 bits per heavy atom. The summed E-state index contributed by atoms with van der Waals surface area (Å²) in [5.74, 6) is -0.173. The monoisotopic (exact) mass is 346 g/mol. The van der Waals surface area contributed by atoms with E-state index in [1.54, 1.807) is 24.3 Å². The molecule has 2 amide bonds. The predicted molar refractivity (Wildman–Crippen MR) is 106 cm³/mol. The fourth-order valence-corrected chi connectivity index (χ4v) is 2.75. The molecule has 0 bridgehead atoms. The number of hydrogen-bond acceptors (Lipinski definition) is 2. The molecule has 2 N–H and O–H groups in total. The van der Waals surface area contributed by atoms with Gasteiger partial charge in [0.05, 0.1) is 6.42 Å². The van der Waals surface area contributed by atoms with Crippen molar-refractivity contribution < 1.29 is 9.59 Å². The Morgan fingerprint density at radius 2 is 1.42 bits per heavy atom. The number of amides is 2. The molecule has 0 heterocycles. The second kappa shape index (κ2) is 7.83. The van der Waals surface area contributed by atoms with E-state index in [0.29, 0.717) is 12.1 Å². The van der Waals surface area contributed by atoms with Crippen molar-refractivity contribution in [2.75, 3.05) is 10.6 Å². The molecule has 0 saturated carbocycles. The third-order valence-electron chi connectivity index (χ3n) is 4.19. The van der Waals surface area contributed by atoms with Crippen LogP contribution in [0.4, 0.5) is 11.4 Å². The van der Waals surface area contributed by atoms with E-state index < -0.39 is 0 Å². The van der Waals surface area contributed by atoms with Crippen LogP contribution in [-0.2, 0) is 16.0 Å². The standard InChI is InChI=1S/C22H22N2O2/c1-15(2)22(26)24-19-12-10-18(11-13-19)23-21(25)14-17-8-5-7-16-6-3-4-9-20(16)17/h3-13,15H,14H2,1-2H3,(H,23,25)(H,24,26). The molecule has 3 rings (SSSR count). The highest BCUT2D eigenvalue weighted by Crippen LogP contribution is 2.20. The zero-order chi connectivity index (χ0) is 18.5. The second-order valence-corrected chi connectivity index (χ2v) is 6.58. The maximum absolute atomic E-state index is 12.4. The molecule has 0 saturated heterocycles. The van der Waals surface area contributed by atoms with Crippen LogP contribution in [0.2, 0.25) is 0 Å². The first kappa shape index (κ1) is 17.7. The van der Waals surface area contributed by atoms with Crippen LogP contribution in [0.3, 0.4) is 0 Å². The number of anilines is 2. The van der Waals surface area contributed by atoms with Crippen LogP contribution in [0, 0.1) is 5.92 Å². The van der Waals surface area contributed by atoms with Crippen molar-refractivity contribution in [2.24, 2.45) is 5.92 Å². The quantitative estimate of drug-likeness (QED) is 0.708. The number of fused-ring (bicyclic) bond motifs is 1. The van der Waals surface area contributed by atoms with Crippen molar-refractivity contribution in [1.82, 2.24) is 0 Å². The minimum Gasteiger partial charge on any atom is -0.326 e. The molecule has 26 heavy (non-hydrogen) atoms. The second-order valence-electron chi connectivity index (χ2n) is 6.58. The highest BCUT2D eigenvalue weighted by molar-refractivity contribution is 5.97. The van der Waals surface area contributed by atoms with Crippen molar-refractivity contribution in [2.45, 2.75) is 20.3 Å². The summed E-state index contributed by atoms with van der Waals surface area (Å²) in [6.45, 7) is 3.69. The fraction of sp³-hybridized carbons (Fsp3) is 0.182. The normalized spacial score (nSPS) is 10.7. The molecule has 3 aromatic rings. The summed E-state index contributed by atoms with van der Waals surface area (Å²) in [7, 11) is 0. The van der Waals surface area contributed by atoms with Gasteiger partial charge in [0.25, 0.3) is 0 Å². The number of hydrogen-bond donors (Lipinski definition) is 2. The Bertz CT molecular complexity index is 925. The Labute approximate surface area is 153 Å². The van der Waals surface area contributed by atoms with E-state index in [9.17, 15) is 9.59 Å². The van der Waals surface area contributed by atoms with E-state index in [1.807, 2.05) is 56.3 Å². The summed E-state index contributed by atoms with van der Waals surface area (Å²) >= 11 is 0. The Kier molecular flexibility index (Phi) is 5.32. The number of rotatable bonds is 5. The van der Waals surface area contributed by atoms with Gasteiger partial charge in [-0.25, -0.2) is 0 Å². The van der Waals surface area contributed by atoms with Crippen molar-refractivity contribution in [3.63, 3.8) is 0 Å². The molecular weight excluding hydrogens is 324 g/mol.